The van der Waals surface area contributed by atoms with Gasteiger partial charge in [-0.05, 0) is 45.9 Å². The number of hydrogen-bond donors (Lipinski definition) is 0. The molecule has 0 radical (unpaired) electrons. The lowest BCUT2D eigenvalue weighted by Gasteiger charge is -2.35. The van der Waals surface area contributed by atoms with Crippen LogP contribution in [-0.2, 0) is 5.41 Å². The summed E-state index contributed by atoms with van der Waals surface area (Å²) in [5, 5.41) is 8.54. The van der Waals surface area contributed by atoms with Crippen molar-refractivity contribution in [2.75, 3.05) is 33.2 Å². The second-order valence-corrected chi connectivity index (χ2v) is 7.71. The van der Waals surface area contributed by atoms with E-state index >= 15 is 0 Å². The van der Waals surface area contributed by atoms with E-state index in [1.54, 1.807) is 0 Å². The molecule has 118 valence electrons. The van der Waals surface area contributed by atoms with Crippen molar-refractivity contribution in [1.82, 2.24) is 20.0 Å². The molecule has 3 rings (SSSR count). The summed E-state index contributed by atoms with van der Waals surface area (Å²) in [5.41, 5.74) is -0.0580. The summed E-state index contributed by atoms with van der Waals surface area (Å²) in [4.78, 5) is 5.07. The molecule has 0 aliphatic carbocycles. The van der Waals surface area contributed by atoms with Gasteiger partial charge in [0, 0.05) is 18.0 Å². The van der Waals surface area contributed by atoms with Crippen LogP contribution in [0, 0.1) is 0 Å². The Hall–Kier alpha value is -0.940. The van der Waals surface area contributed by atoms with Crippen LogP contribution in [0.1, 0.15) is 57.7 Å². The van der Waals surface area contributed by atoms with Crippen molar-refractivity contribution in [1.29, 1.82) is 0 Å². The summed E-state index contributed by atoms with van der Waals surface area (Å²) in [6.45, 7) is 11.0. The lowest BCUT2D eigenvalue weighted by Crippen LogP contribution is -2.42. The van der Waals surface area contributed by atoms with E-state index in [1.165, 1.54) is 32.5 Å². The molecular formula is C16H28N4O. The summed E-state index contributed by atoms with van der Waals surface area (Å²) in [6.07, 6.45) is 3.73. The van der Waals surface area contributed by atoms with Gasteiger partial charge in [-0.15, -0.1) is 10.2 Å². The molecule has 0 saturated carbocycles. The largest absolute Gasteiger partial charge is 0.424 e. The van der Waals surface area contributed by atoms with E-state index in [0.29, 0.717) is 5.92 Å². The third-order valence-corrected chi connectivity index (χ3v) is 4.86. The van der Waals surface area contributed by atoms with Crippen molar-refractivity contribution >= 4 is 0 Å². The fourth-order valence-electron chi connectivity index (χ4n) is 3.38. The first-order valence-electron chi connectivity index (χ1n) is 8.20. The van der Waals surface area contributed by atoms with Gasteiger partial charge in [-0.1, -0.05) is 20.8 Å². The van der Waals surface area contributed by atoms with E-state index in [1.807, 2.05) is 0 Å². The molecular weight excluding hydrogens is 264 g/mol. The Morgan fingerprint density at radius 2 is 1.76 bits per heavy atom. The van der Waals surface area contributed by atoms with Crippen molar-refractivity contribution in [2.45, 2.75) is 57.4 Å². The van der Waals surface area contributed by atoms with Gasteiger partial charge in [-0.3, -0.25) is 4.90 Å². The van der Waals surface area contributed by atoms with E-state index in [4.69, 9.17) is 4.42 Å². The van der Waals surface area contributed by atoms with Gasteiger partial charge >= 0.3 is 0 Å². The van der Waals surface area contributed by atoms with Crippen LogP contribution >= 0.6 is 0 Å². The smallest absolute Gasteiger partial charge is 0.221 e. The molecule has 21 heavy (non-hydrogen) atoms. The van der Waals surface area contributed by atoms with Gasteiger partial charge in [0.25, 0.3) is 0 Å². The van der Waals surface area contributed by atoms with Crippen LogP contribution in [0.5, 0.6) is 0 Å². The molecule has 1 unspecified atom stereocenters. The average Bonchev–Trinajstić information content (AvgIpc) is 3.07. The minimum Gasteiger partial charge on any atom is -0.424 e. The van der Waals surface area contributed by atoms with E-state index in [-0.39, 0.29) is 5.41 Å². The summed E-state index contributed by atoms with van der Waals surface area (Å²) in [7, 11) is 2.22. The van der Waals surface area contributed by atoms with Crippen molar-refractivity contribution in [3.8, 4) is 0 Å². The molecule has 0 N–H and O–H groups in total. The zero-order chi connectivity index (χ0) is 15.0. The van der Waals surface area contributed by atoms with Crippen LogP contribution in [-0.4, -0.2) is 59.3 Å². The number of rotatable bonds is 2. The molecule has 2 saturated heterocycles. The quantitative estimate of drug-likeness (QED) is 0.836. The Bertz CT molecular complexity index is 471. The Morgan fingerprint density at radius 1 is 1.05 bits per heavy atom. The van der Waals surface area contributed by atoms with Gasteiger partial charge in [-0.25, -0.2) is 0 Å². The molecule has 2 aliphatic rings. The standard InChI is InChI=1S/C16H28N4O/c1-16(2,3)15-18-17-14(21-15)12-5-10-20(11-12)13-6-8-19(4)9-7-13/h12-13H,5-11H2,1-4H3. The zero-order valence-electron chi connectivity index (χ0n) is 13.8. The van der Waals surface area contributed by atoms with Gasteiger partial charge < -0.3 is 9.32 Å². The van der Waals surface area contributed by atoms with E-state index in [9.17, 15) is 0 Å². The highest BCUT2D eigenvalue weighted by atomic mass is 16.4. The predicted octanol–water partition coefficient (Wildman–Crippen LogP) is 2.25. The maximum Gasteiger partial charge on any atom is 0.221 e. The van der Waals surface area contributed by atoms with Crippen LogP contribution in [0.4, 0.5) is 0 Å². The highest BCUT2D eigenvalue weighted by molar-refractivity contribution is 5.02. The summed E-state index contributed by atoms with van der Waals surface area (Å²) in [6, 6.07) is 0.746. The number of piperidine rings is 1. The molecule has 0 amide bonds. The first-order valence-corrected chi connectivity index (χ1v) is 8.20. The van der Waals surface area contributed by atoms with E-state index in [0.717, 1.165) is 30.8 Å². The minimum absolute atomic E-state index is 0.0580. The monoisotopic (exact) mass is 292 g/mol. The topological polar surface area (TPSA) is 45.4 Å². The van der Waals surface area contributed by atoms with Gasteiger partial charge in [0.15, 0.2) is 0 Å². The number of likely N-dealkylation sites (tertiary alicyclic amines) is 2. The van der Waals surface area contributed by atoms with E-state index < -0.39 is 0 Å². The Balaban J connectivity index is 1.60. The van der Waals surface area contributed by atoms with Crippen LogP contribution < -0.4 is 0 Å². The first-order chi connectivity index (χ1) is 9.93. The van der Waals surface area contributed by atoms with Crippen LogP contribution in [0.2, 0.25) is 0 Å². The van der Waals surface area contributed by atoms with Crippen molar-refractivity contribution in [2.24, 2.45) is 0 Å². The fraction of sp³-hybridized carbons (Fsp3) is 0.875. The van der Waals surface area contributed by atoms with Crippen molar-refractivity contribution in [3.63, 3.8) is 0 Å². The fourth-order valence-corrected chi connectivity index (χ4v) is 3.38. The Labute approximate surface area is 127 Å². The molecule has 1 aromatic rings. The lowest BCUT2D eigenvalue weighted by molar-refractivity contribution is 0.141. The van der Waals surface area contributed by atoms with Gasteiger partial charge in [0.05, 0.1) is 5.92 Å². The molecule has 1 atom stereocenters. The van der Waals surface area contributed by atoms with E-state index in [2.05, 4.69) is 47.8 Å². The number of nitrogens with zero attached hydrogens (tertiary/aromatic N) is 4. The van der Waals surface area contributed by atoms with Gasteiger partial charge in [-0.2, -0.15) is 0 Å². The van der Waals surface area contributed by atoms with Crippen LogP contribution in [0.15, 0.2) is 4.42 Å². The van der Waals surface area contributed by atoms with Crippen molar-refractivity contribution < 1.29 is 4.42 Å². The van der Waals surface area contributed by atoms with Crippen LogP contribution in [0.3, 0.4) is 0 Å². The summed E-state index contributed by atoms with van der Waals surface area (Å²) in [5.74, 6) is 2.03. The highest BCUT2D eigenvalue weighted by Crippen LogP contribution is 2.31. The molecule has 5 heteroatoms. The predicted molar refractivity (Wildman–Crippen MR) is 82.4 cm³/mol. The molecule has 0 spiro atoms. The first kappa shape index (κ1) is 15.0. The zero-order valence-corrected chi connectivity index (χ0v) is 13.8. The lowest BCUT2D eigenvalue weighted by atomic mass is 9.97. The normalized spacial score (nSPS) is 26.6. The van der Waals surface area contributed by atoms with Gasteiger partial charge in [0.1, 0.15) is 0 Å². The number of aromatic nitrogens is 2. The average molecular weight is 292 g/mol. The molecule has 5 nitrogen and oxygen atoms in total. The Morgan fingerprint density at radius 3 is 2.38 bits per heavy atom. The van der Waals surface area contributed by atoms with Crippen molar-refractivity contribution in [3.05, 3.63) is 11.8 Å². The molecule has 1 aromatic heterocycles. The molecule has 2 aliphatic heterocycles. The minimum atomic E-state index is -0.0580. The summed E-state index contributed by atoms with van der Waals surface area (Å²) < 4.78 is 5.93. The molecule has 0 bridgehead atoms. The maximum absolute atomic E-state index is 5.93. The molecule has 0 aromatic carbocycles. The van der Waals surface area contributed by atoms with Gasteiger partial charge in [0.2, 0.25) is 11.8 Å². The second-order valence-electron chi connectivity index (χ2n) is 7.71. The Kier molecular flexibility index (Phi) is 4.06. The van der Waals surface area contributed by atoms with Crippen LogP contribution in [0.25, 0.3) is 0 Å². The number of hydrogen-bond acceptors (Lipinski definition) is 5. The third kappa shape index (κ3) is 3.29. The third-order valence-electron chi connectivity index (χ3n) is 4.86. The highest BCUT2D eigenvalue weighted by Gasteiger charge is 2.34. The molecule has 3 heterocycles. The maximum atomic E-state index is 5.93. The SMILES string of the molecule is CN1CCC(N2CCC(c3nnc(C(C)(C)C)o3)C2)CC1. The second kappa shape index (κ2) is 5.69. The molecule has 2 fully saturated rings. The summed E-state index contributed by atoms with van der Waals surface area (Å²) >= 11 is 0.